The number of nitrogens with zero attached hydrogens (tertiary/aromatic N) is 1. The summed E-state index contributed by atoms with van der Waals surface area (Å²) in [5, 5.41) is 0. The monoisotopic (exact) mass is 144 g/mol. The van der Waals surface area contributed by atoms with E-state index in [2.05, 4.69) is 4.98 Å². The van der Waals surface area contributed by atoms with E-state index in [-0.39, 0.29) is 29.6 Å². The third kappa shape index (κ3) is 2.47. The van der Waals surface area contributed by atoms with Gasteiger partial charge in [-0.2, -0.15) is 0 Å². The fourth-order valence-electron chi connectivity index (χ4n) is 0.503. The topological polar surface area (TPSA) is 53.8 Å². The predicted molar refractivity (Wildman–Crippen MR) is 32.9 cm³/mol. The number of carbonyl (C=O) groups is 1. The van der Waals surface area contributed by atoms with Gasteiger partial charge in [-0.05, 0) is 12.1 Å². The maximum absolute atomic E-state index is 10.3. The molecule has 0 bridgehead atoms. The maximum Gasteiger partial charge on any atom is 1.00 e. The fraction of sp³-hybridized carbons (Fsp3) is 0. The van der Waals surface area contributed by atoms with Gasteiger partial charge in [-0.3, -0.25) is 4.98 Å². The van der Waals surface area contributed by atoms with Crippen LogP contribution in [0.15, 0.2) is 24.5 Å². The van der Waals surface area contributed by atoms with Crippen LogP contribution in [0.3, 0.4) is 0 Å². The second-order valence-electron chi connectivity index (χ2n) is 1.57. The summed E-state index contributed by atoms with van der Waals surface area (Å²) < 4.78 is 0. The second kappa shape index (κ2) is 4.44. The number of amides is 1. The largest absolute Gasteiger partial charge is 1.00 e. The van der Waals surface area contributed by atoms with Crippen molar-refractivity contribution in [2.75, 3.05) is 0 Å². The van der Waals surface area contributed by atoms with Crippen molar-refractivity contribution in [2.24, 2.45) is 0 Å². The molecule has 1 aromatic rings. The van der Waals surface area contributed by atoms with Gasteiger partial charge in [0.15, 0.2) is 0 Å². The Bertz CT molecular complexity index is 212. The summed E-state index contributed by atoms with van der Waals surface area (Å²) in [5.41, 5.74) is 7.03. The van der Waals surface area contributed by atoms with Gasteiger partial charge in [-0.25, -0.2) is 0 Å². The molecule has 0 radical (unpaired) electrons. The van der Waals surface area contributed by atoms with Gasteiger partial charge in [-0.15, -0.1) is 0 Å². The van der Waals surface area contributed by atoms with E-state index in [1.54, 1.807) is 0 Å². The Morgan fingerprint density at radius 1 is 1.40 bits per heavy atom. The van der Waals surface area contributed by atoms with E-state index < -0.39 is 5.91 Å². The minimum Gasteiger partial charge on any atom is -0.664 e. The molecule has 4 heteroatoms. The van der Waals surface area contributed by atoms with Crippen molar-refractivity contribution >= 4 is 5.91 Å². The van der Waals surface area contributed by atoms with Crippen molar-refractivity contribution in [1.29, 1.82) is 0 Å². The van der Waals surface area contributed by atoms with E-state index in [0.717, 1.165) is 0 Å². The molecule has 0 atom stereocenters. The van der Waals surface area contributed by atoms with Gasteiger partial charge in [0.1, 0.15) is 0 Å². The van der Waals surface area contributed by atoms with Gasteiger partial charge in [0.25, 0.3) is 0 Å². The Morgan fingerprint density at radius 2 is 1.90 bits per heavy atom. The SMILES string of the molecule is [NH-]C(=O)c1ccncc1.[Na+]. The molecule has 0 fully saturated rings. The molecule has 1 rings (SSSR count). The molecule has 0 saturated carbocycles. The summed E-state index contributed by atoms with van der Waals surface area (Å²) in [7, 11) is 0. The maximum atomic E-state index is 10.3. The number of hydrogen-bond acceptors (Lipinski definition) is 2. The number of rotatable bonds is 1. The van der Waals surface area contributed by atoms with Crippen LogP contribution < -0.4 is 29.6 Å². The zero-order valence-electron chi connectivity index (χ0n) is 5.66. The van der Waals surface area contributed by atoms with Gasteiger partial charge in [0.05, 0.1) is 5.91 Å². The summed E-state index contributed by atoms with van der Waals surface area (Å²) in [6.07, 6.45) is 2.98. The van der Waals surface area contributed by atoms with Crippen LogP contribution in [0.1, 0.15) is 10.4 Å². The van der Waals surface area contributed by atoms with Crippen molar-refractivity contribution < 1.29 is 34.4 Å². The Balaban J connectivity index is 0.000000810. The van der Waals surface area contributed by atoms with Crippen LogP contribution in [0, 0.1) is 0 Å². The number of hydrogen-bond donors (Lipinski definition) is 0. The zero-order chi connectivity index (χ0) is 6.69. The van der Waals surface area contributed by atoms with Crippen LogP contribution in [0.2, 0.25) is 0 Å². The minimum atomic E-state index is -0.669. The van der Waals surface area contributed by atoms with Crippen molar-refractivity contribution in [2.45, 2.75) is 0 Å². The first-order valence-corrected chi connectivity index (χ1v) is 2.46. The number of nitrogens with one attached hydrogen (secondary N) is 1. The van der Waals surface area contributed by atoms with Gasteiger partial charge in [-0.1, -0.05) is 0 Å². The molecule has 0 aliphatic heterocycles. The molecule has 0 saturated heterocycles. The smallest absolute Gasteiger partial charge is 0.664 e. The van der Waals surface area contributed by atoms with Crippen molar-refractivity contribution in [3.63, 3.8) is 0 Å². The number of pyridine rings is 1. The second-order valence-corrected chi connectivity index (χ2v) is 1.57. The molecule has 10 heavy (non-hydrogen) atoms. The average Bonchev–Trinajstić information content (AvgIpc) is 1.90. The van der Waals surface area contributed by atoms with Crippen LogP contribution in [0.5, 0.6) is 0 Å². The van der Waals surface area contributed by atoms with Crippen LogP contribution in [-0.4, -0.2) is 10.9 Å². The molecule has 1 amide bonds. The molecule has 1 N–H and O–H groups in total. The van der Waals surface area contributed by atoms with Gasteiger partial charge < -0.3 is 10.5 Å². The van der Waals surface area contributed by atoms with Gasteiger partial charge in [0, 0.05) is 18.0 Å². The van der Waals surface area contributed by atoms with Crippen LogP contribution in [0.4, 0.5) is 0 Å². The summed E-state index contributed by atoms with van der Waals surface area (Å²) in [6.45, 7) is 0. The molecule has 1 aromatic heterocycles. The van der Waals surface area contributed by atoms with E-state index in [9.17, 15) is 4.79 Å². The average molecular weight is 144 g/mol. The Labute approximate surface area is 80.9 Å². The molecule has 1 heterocycles. The van der Waals surface area contributed by atoms with Crippen LogP contribution in [0.25, 0.3) is 5.73 Å². The molecule has 46 valence electrons. The molecular weight excluding hydrogens is 139 g/mol. The normalized spacial score (nSPS) is 8.00. The Morgan fingerprint density at radius 3 is 2.20 bits per heavy atom. The molecular formula is C6H5N2NaO. The molecule has 0 aliphatic carbocycles. The molecule has 0 aromatic carbocycles. The van der Waals surface area contributed by atoms with E-state index in [1.807, 2.05) is 0 Å². The Kier molecular flexibility index (Phi) is 4.27. The fourth-order valence-corrected chi connectivity index (χ4v) is 0.503. The van der Waals surface area contributed by atoms with E-state index in [4.69, 9.17) is 5.73 Å². The van der Waals surface area contributed by atoms with Crippen molar-refractivity contribution in [3.05, 3.63) is 35.8 Å². The summed E-state index contributed by atoms with van der Waals surface area (Å²) >= 11 is 0. The molecule has 3 nitrogen and oxygen atoms in total. The first kappa shape index (κ1) is 9.62. The van der Waals surface area contributed by atoms with E-state index in [0.29, 0.717) is 5.56 Å². The van der Waals surface area contributed by atoms with E-state index >= 15 is 0 Å². The van der Waals surface area contributed by atoms with Gasteiger partial charge >= 0.3 is 29.6 Å². The third-order valence-electron chi connectivity index (χ3n) is 0.943. The summed E-state index contributed by atoms with van der Waals surface area (Å²) in [6, 6.07) is 3.02. The first-order valence-electron chi connectivity index (χ1n) is 2.46. The van der Waals surface area contributed by atoms with Crippen LogP contribution in [-0.2, 0) is 0 Å². The quantitative estimate of drug-likeness (QED) is 0.440. The Hall–Kier alpha value is -0.380. The minimum absolute atomic E-state index is 0. The number of carbonyl (C=O) groups excluding carboxylic acids is 1. The third-order valence-corrected chi connectivity index (χ3v) is 0.943. The molecule has 0 unspecified atom stereocenters. The predicted octanol–water partition coefficient (Wildman–Crippen LogP) is -1.72. The first-order chi connectivity index (χ1) is 4.30. The molecule has 0 spiro atoms. The molecule has 0 aliphatic rings. The van der Waals surface area contributed by atoms with Crippen molar-refractivity contribution in [3.8, 4) is 0 Å². The van der Waals surface area contributed by atoms with Gasteiger partial charge in [0.2, 0.25) is 0 Å². The standard InChI is InChI=1S/C6H6N2O.Na/c7-6(9)5-1-3-8-4-2-5;/h1-4H,(H2,7,9);/q;+1/p-1. The number of aromatic nitrogens is 1. The summed E-state index contributed by atoms with van der Waals surface area (Å²) in [4.78, 5) is 14.0. The van der Waals surface area contributed by atoms with Crippen molar-refractivity contribution in [1.82, 2.24) is 4.98 Å². The zero-order valence-corrected chi connectivity index (χ0v) is 7.66. The van der Waals surface area contributed by atoms with Crippen LogP contribution >= 0.6 is 0 Å². The summed E-state index contributed by atoms with van der Waals surface area (Å²) in [5.74, 6) is -0.669. The van der Waals surface area contributed by atoms with E-state index in [1.165, 1.54) is 24.5 Å².